The molecule has 7 heteroatoms. The average molecular weight is 251 g/mol. The van der Waals surface area contributed by atoms with Gasteiger partial charge < -0.3 is 0 Å². The molecule has 1 aromatic rings. The summed E-state index contributed by atoms with van der Waals surface area (Å²) in [5.41, 5.74) is 0.213. The van der Waals surface area contributed by atoms with Gasteiger partial charge in [-0.25, -0.2) is 0 Å². The minimum Gasteiger partial charge on any atom is -0.285 e. The molecule has 1 N–H and O–H groups in total. The Balaban J connectivity index is 2.77. The Bertz CT molecular complexity index is 670. The fraction of sp³-hybridized carbons (Fsp3) is 0.100. The zero-order valence-electron chi connectivity index (χ0n) is 8.44. The second-order valence-electron chi connectivity index (χ2n) is 3.48. The first-order valence-electron chi connectivity index (χ1n) is 4.62. The molecule has 0 saturated heterocycles. The van der Waals surface area contributed by atoms with Gasteiger partial charge in [-0.15, -0.1) is 0 Å². The van der Waals surface area contributed by atoms with Crippen molar-refractivity contribution in [2.75, 3.05) is 0 Å². The summed E-state index contributed by atoms with van der Waals surface area (Å²) >= 11 is 0. The Hall–Kier alpha value is -2.04. The summed E-state index contributed by atoms with van der Waals surface area (Å²) in [5.74, 6) is -0.518. The van der Waals surface area contributed by atoms with Crippen LogP contribution < -0.4 is 0 Å². The van der Waals surface area contributed by atoms with Crippen molar-refractivity contribution in [2.45, 2.75) is 6.04 Å². The van der Waals surface area contributed by atoms with Gasteiger partial charge in [-0.1, -0.05) is 24.3 Å². The molecule has 0 saturated carbocycles. The first-order valence-corrected chi connectivity index (χ1v) is 6.06. The van der Waals surface area contributed by atoms with Crippen molar-refractivity contribution < 1.29 is 17.8 Å². The highest BCUT2D eigenvalue weighted by atomic mass is 32.2. The van der Waals surface area contributed by atoms with E-state index in [9.17, 15) is 13.2 Å². The highest BCUT2D eigenvalue weighted by molar-refractivity contribution is 7.95. The molecule has 0 bridgehead atoms. The zero-order chi connectivity index (χ0) is 12.6. The van der Waals surface area contributed by atoms with Gasteiger partial charge in [0.2, 0.25) is 5.39 Å². The summed E-state index contributed by atoms with van der Waals surface area (Å²) < 4.78 is 31.4. The van der Waals surface area contributed by atoms with Crippen LogP contribution in [0.1, 0.15) is 15.9 Å². The molecular weight excluding hydrogens is 244 g/mol. The lowest BCUT2D eigenvalue weighted by Gasteiger charge is -2.12. The predicted octanol–water partition coefficient (Wildman–Crippen LogP) is 1.33. The molecule has 2 rings (SSSR count). The minimum atomic E-state index is -4.47. The van der Waals surface area contributed by atoms with E-state index >= 15 is 0 Å². The molecule has 0 fully saturated rings. The summed E-state index contributed by atoms with van der Waals surface area (Å²) in [6, 6.07) is 4.61. The van der Waals surface area contributed by atoms with Gasteiger partial charge in [0.1, 0.15) is 9.88 Å². The molecule has 1 aromatic carbocycles. The van der Waals surface area contributed by atoms with E-state index in [2.05, 4.69) is 4.98 Å². The van der Waals surface area contributed by atoms with Crippen molar-refractivity contribution in [3.63, 3.8) is 0 Å². The zero-order valence-corrected chi connectivity index (χ0v) is 9.26. The monoisotopic (exact) mass is 251 g/mol. The second kappa shape index (κ2) is 3.76. The van der Waals surface area contributed by atoms with Crippen LogP contribution in [0.2, 0.25) is 0 Å². The average Bonchev–Trinajstić information content (AvgIpc) is 2.28. The van der Waals surface area contributed by atoms with Crippen molar-refractivity contribution in [2.24, 2.45) is 0 Å². The number of hydrogen-bond acceptors (Lipinski definition) is 4. The number of fused-ring (bicyclic) bond motifs is 1. The van der Waals surface area contributed by atoms with Crippen molar-refractivity contribution in [1.82, 2.24) is 0 Å². The number of nitrogens with zero attached hydrogens (tertiary/aromatic N) is 2. The number of Topliss-reactive ketones (excluding diaryl/α,β-unsaturated/α-hetero) is 1. The maximum absolute atomic E-state index is 11.7. The number of benzene rings is 1. The molecule has 86 valence electrons. The maximum Gasteiger partial charge on any atom is 0.395 e. The van der Waals surface area contributed by atoms with E-state index in [1.807, 2.05) is 0 Å². The lowest BCUT2D eigenvalue weighted by Crippen LogP contribution is -2.23. The van der Waals surface area contributed by atoms with Gasteiger partial charge in [0, 0.05) is 17.2 Å². The minimum absolute atomic E-state index is 0.102. The Morgan fingerprint density at radius 2 is 1.82 bits per heavy atom. The second-order valence-corrected chi connectivity index (χ2v) is 4.87. The van der Waals surface area contributed by atoms with Crippen LogP contribution in [0, 0.1) is 5.39 Å². The Morgan fingerprint density at radius 3 is 2.35 bits per heavy atom. The first kappa shape index (κ1) is 11.4. The van der Waals surface area contributed by atoms with E-state index in [1.165, 1.54) is 12.1 Å². The fourth-order valence-corrected chi connectivity index (χ4v) is 2.45. The highest BCUT2D eigenvalue weighted by Crippen LogP contribution is 2.30. The number of hydrogen-bond donors (Lipinski definition) is 1. The summed E-state index contributed by atoms with van der Waals surface area (Å²) in [6.45, 7) is 0. The van der Waals surface area contributed by atoms with Crippen molar-refractivity contribution >= 4 is 20.8 Å². The largest absolute Gasteiger partial charge is 0.395 e. The third-order valence-corrected chi connectivity index (χ3v) is 3.35. The fourth-order valence-electron chi connectivity index (χ4n) is 1.69. The SMILES string of the molecule is N#[N+]C1C=C(S(=O)(=O)O)c2ccccc2C1=O. The summed E-state index contributed by atoms with van der Waals surface area (Å²) in [4.78, 5) is 14.1. The quantitative estimate of drug-likeness (QED) is 0.599. The molecule has 1 aliphatic rings. The van der Waals surface area contributed by atoms with Crippen LogP contribution in [0.15, 0.2) is 30.3 Å². The van der Waals surface area contributed by atoms with Gasteiger partial charge in [0.15, 0.2) is 0 Å². The van der Waals surface area contributed by atoms with Crippen molar-refractivity contribution in [1.29, 1.82) is 5.39 Å². The molecule has 0 aromatic heterocycles. The highest BCUT2D eigenvalue weighted by Gasteiger charge is 2.39. The Kier molecular flexibility index (Phi) is 2.53. The van der Waals surface area contributed by atoms with E-state index in [4.69, 9.17) is 9.95 Å². The van der Waals surface area contributed by atoms with Gasteiger partial charge in [-0.05, 0) is 0 Å². The summed E-state index contributed by atoms with van der Waals surface area (Å²) in [6.07, 6.45) is 0.917. The van der Waals surface area contributed by atoms with E-state index in [1.54, 1.807) is 12.1 Å². The molecule has 1 aliphatic carbocycles. The number of carbonyl (C=O) groups is 1. The van der Waals surface area contributed by atoms with Crippen LogP contribution in [-0.4, -0.2) is 24.8 Å². The Labute approximate surface area is 96.9 Å². The molecule has 1 atom stereocenters. The van der Waals surface area contributed by atoms with Gasteiger partial charge in [-0.2, -0.15) is 8.42 Å². The third kappa shape index (κ3) is 1.84. The summed E-state index contributed by atoms with van der Waals surface area (Å²) in [7, 11) is -4.47. The molecular formula is C10H7N2O4S+. The normalized spacial score (nSPS) is 19.2. The van der Waals surface area contributed by atoms with E-state index in [0.29, 0.717) is 0 Å². The van der Waals surface area contributed by atoms with Crippen LogP contribution >= 0.6 is 0 Å². The van der Waals surface area contributed by atoms with Crippen molar-refractivity contribution in [3.05, 3.63) is 46.4 Å². The lowest BCUT2D eigenvalue weighted by molar-refractivity contribution is 0.0987. The van der Waals surface area contributed by atoms with Gasteiger partial charge in [-0.3, -0.25) is 9.35 Å². The first-order chi connectivity index (χ1) is 7.95. The van der Waals surface area contributed by atoms with Gasteiger partial charge >= 0.3 is 6.04 Å². The Morgan fingerprint density at radius 1 is 1.24 bits per heavy atom. The number of rotatable bonds is 1. The standard InChI is InChI=1S/C10H6N2O4S/c11-12-8-5-9(17(14,15)16)6-3-1-2-4-7(6)10(8)13/h1-5,8H/p+1. The third-order valence-electron chi connectivity index (χ3n) is 2.44. The van der Waals surface area contributed by atoms with Gasteiger partial charge in [0.05, 0.1) is 0 Å². The van der Waals surface area contributed by atoms with E-state index in [0.717, 1.165) is 6.08 Å². The van der Waals surface area contributed by atoms with Gasteiger partial charge in [0.25, 0.3) is 15.9 Å². The molecule has 1 unspecified atom stereocenters. The molecule has 0 spiro atoms. The maximum atomic E-state index is 11.7. The van der Waals surface area contributed by atoms with E-state index < -0.39 is 26.8 Å². The molecule has 0 heterocycles. The van der Waals surface area contributed by atoms with Crippen LogP contribution in [0.3, 0.4) is 0 Å². The number of ketones is 1. The van der Waals surface area contributed by atoms with E-state index in [-0.39, 0.29) is 11.1 Å². The van der Waals surface area contributed by atoms with Crippen LogP contribution in [0.4, 0.5) is 0 Å². The molecule has 17 heavy (non-hydrogen) atoms. The molecule has 0 aliphatic heterocycles. The van der Waals surface area contributed by atoms with Crippen LogP contribution in [-0.2, 0) is 10.1 Å². The van der Waals surface area contributed by atoms with Crippen LogP contribution in [0.5, 0.6) is 0 Å². The van der Waals surface area contributed by atoms with Crippen molar-refractivity contribution in [3.8, 4) is 0 Å². The molecule has 6 nitrogen and oxygen atoms in total. The molecule has 0 amide bonds. The number of carbonyl (C=O) groups excluding carboxylic acids is 1. The summed E-state index contributed by atoms with van der Waals surface area (Å²) in [5, 5.41) is 8.65. The number of diazo groups is 1. The lowest BCUT2D eigenvalue weighted by atomic mass is 9.93. The topological polar surface area (TPSA) is 99.6 Å². The predicted molar refractivity (Wildman–Crippen MR) is 59.2 cm³/mol. The van der Waals surface area contributed by atoms with Crippen LogP contribution in [0.25, 0.3) is 9.88 Å². The smallest absolute Gasteiger partial charge is 0.285 e. The molecule has 0 radical (unpaired) electrons.